The largest absolute Gasteiger partial charge is 0.480 e. The van der Waals surface area contributed by atoms with Crippen LogP contribution in [-0.2, 0) is 19.2 Å². The highest BCUT2D eigenvalue weighted by molar-refractivity contribution is 5.93. The molecule has 0 fully saturated rings. The predicted molar refractivity (Wildman–Crippen MR) is 94.2 cm³/mol. The first kappa shape index (κ1) is 24.7. The van der Waals surface area contributed by atoms with Crippen LogP contribution in [-0.4, -0.2) is 82.9 Å². The van der Waals surface area contributed by atoms with Gasteiger partial charge in [-0.1, -0.05) is 0 Å². The number of unbranched alkanes of at least 4 members (excludes halogenated alkanes) is 1. The zero-order valence-electron chi connectivity index (χ0n) is 15.2. The van der Waals surface area contributed by atoms with E-state index in [0.717, 1.165) is 0 Å². The number of nitrogens with two attached hydrogens (primary N) is 2. The van der Waals surface area contributed by atoms with Gasteiger partial charge >= 0.3 is 5.97 Å². The SMILES string of the molecule is CC(O)C(NC(=O)C(CO)NC(=O)C(CCCCN)NC(=O)CN)C(=O)O. The number of hydrogen-bond donors (Lipinski definition) is 8. The van der Waals surface area contributed by atoms with E-state index in [0.29, 0.717) is 19.4 Å². The molecule has 4 atom stereocenters. The molecule has 0 bridgehead atoms. The Balaban J connectivity index is 5.02. The zero-order chi connectivity index (χ0) is 21.0. The summed E-state index contributed by atoms with van der Waals surface area (Å²) in [7, 11) is 0. The number of nitrogens with one attached hydrogen (secondary N) is 3. The number of aliphatic hydroxyl groups excluding tert-OH is 2. The molecule has 12 heteroatoms. The molecule has 3 amide bonds. The number of carboxylic acids is 1. The fourth-order valence-electron chi connectivity index (χ4n) is 2.12. The Hall–Kier alpha value is -2.28. The molecule has 0 spiro atoms. The van der Waals surface area contributed by atoms with Crippen LogP contribution in [0.1, 0.15) is 26.2 Å². The quantitative estimate of drug-likeness (QED) is 0.143. The Morgan fingerprint density at radius 1 is 0.963 bits per heavy atom. The number of amides is 3. The summed E-state index contributed by atoms with van der Waals surface area (Å²) in [5.74, 6) is -3.79. The lowest BCUT2D eigenvalue weighted by Gasteiger charge is -2.24. The minimum Gasteiger partial charge on any atom is -0.480 e. The van der Waals surface area contributed by atoms with Crippen LogP contribution in [0.15, 0.2) is 0 Å². The van der Waals surface area contributed by atoms with Gasteiger partial charge in [-0.25, -0.2) is 4.79 Å². The Morgan fingerprint density at radius 3 is 2.00 bits per heavy atom. The predicted octanol–water partition coefficient (Wildman–Crippen LogP) is -4.01. The third kappa shape index (κ3) is 9.28. The molecule has 0 aromatic rings. The Morgan fingerprint density at radius 2 is 1.56 bits per heavy atom. The first-order chi connectivity index (χ1) is 12.7. The summed E-state index contributed by atoms with van der Waals surface area (Å²) in [5.41, 5.74) is 10.6. The normalized spacial score (nSPS) is 15.1. The summed E-state index contributed by atoms with van der Waals surface area (Å²) in [6.45, 7) is 0.418. The molecule has 0 aliphatic carbocycles. The van der Waals surface area contributed by atoms with Gasteiger partial charge in [0.2, 0.25) is 17.7 Å². The molecule has 27 heavy (non-hydrogen) atoms. The summed E-state index contributed by atoms with van der Waals surface area (Å²) in [6.07, 6.45) is -0.0197. The number of rotatable bonds is 13. The van der Waals surface area contributed by atoms with Gasteiger partial charge in [-0.3, -0.25) is 14.4 Å². The van der Waals surface area contributed by atoms with Gasteiger partial charge < -0.3 is 42.7 Å². The van der Waals surface area contributed by atoms with Crippen LogP contribution in [0, 0.1) is 0 Å². The van der Waals surface area contributed by atoms with Gasteiger partial charge in [0.15, 0.2) is 6.04 Å². The van der Waals surface area contributed by atoms with Gasteiger partial charge in [-0.15, -0.1) is 0 Å². The van der Waals surface area contributed by atoms with Crippen LogP contribution in [0.2, 0.25) is 0 Å². The second kappa shape index (κ2) is 13.0. The maximum Gasteiger partial charge on any atom is 0.328 e. The minimum absolute atomic E-state index is 0.236. The van der Waals surface area contributed by atoms with Gasteiger partial charge in [-0.05, 0) is 32.7 Å². The van der Waals surface area contributed by atoms with Gasteiger partial charge in [-0.2, -0.15) is 0 Å². The van der Waals surface area contributed by atoms with E-state index in [1.54, 1.807) is 0 Å². The van der Waals surface area contributed by atoms with Gasteiger partial charge in [0, 0.05) is 0 Å². The van der Waals surface area contributed by atoms with E-state index >= 15 is 0 Å². The highest BCUT2D eigenvalue weighted by Gasteiger charge is 2.30. The van der Waals surface area contributed by atoms with Gasteiger partial charge in [0.1, 0.15) is 12.1 Å². The number of carbonyl (C=O) groups excluding carboxylic acids is 3. The third-order valence-corrected chi connectivity index (χ3v) is 3.65. The third-order valence-electron chi connectivity index (χ3n) is 3.65. The number of aliphatic carboxylic acids is 1. The lowest BCUT2D eigenvalue weighted by Crippen LogP contribution is -2.58. The van der Waals surface area contributed by atoms with Crippen LogP contribution in [0.25, 0.3) is 0 Å². The topological polar surface area (TPSA) is 217 Å². The molecule has 0 aromatic carbocycles. The van der Waals surface area contributed by atoms with Crippen molar-refractivity contribution in [3.8, 4) is 0 Å². The molecule has 0 rings (SSSR count). The van der Waals surface area contributed by atoms with Crippen LogP contribution in [0.5, 0.6) is 0 Å². The highest BCUT2D eigenvalue weighted by atomic mass is 16.4. The van der Waals surface area contributed by atoms with Crippen LogP contribution < -0.4 is 27.4 Å². The molecule has 0 saturated heterocycles. The lowest BCUT2D eigenvalue weighted by atomic mass is 10.1. The number of hydrogen-bond acceptors (Lipinski definition) is 8. The van der Waals surface area contributed by atoms with Crippen molar-refractivity contribution in [2.45, 2.75) is 50.4 Å². The molecule has 0 aromatic heterocycles. The van der Waals surface area contributed by atoms with Crippen molar-refractivity contribution in [1.82, 2.24) is 16.0 Å². The van der Waals surface area contributed by atoms with Crippen LogP contribution >= 0.6 is 0 Å². The van der Waals surface area contributed by atoms with Crippen molar-refractivity contribution in [3.05, 3.63) is 0 Å². The molecular weight excluding hydrogens is 362 g/mol. The van der Waals surface area contributed by atoms with Crippen molar-refractivity contribution >= 4 is 23.7 Å². The van der Waals surface area contributed by atoms with E-state index in [9.17, 15) is 29.4 Å². The van der Waals surface area contributed by atoms with E-state index in [4.69, 9.17) is 16.6 Å². The molecule has 0 radical (unpaired) electrons. The van der Waals surface area contributed by atoms with Crippen molar-refractivity contribution < 1.29 is 34.5 Å². The maximum atomic E-state index is 12.4. The first-order valence-electron chi connectivity index (χ1n) is 8.49. The minimum atomic E-state index is -1.61. The molecule has 4 unspecified atom stereocenters. The standard InChI is InChI=1S/C15H29N5O7/c1-8(22)12(15(26)27)20-14(25)10(7-21)19-13(24)9(4-2-3-5-16)18-11(23)6-17/h8-10,12,21-22H,2-7,16-17H2,1H3,(H,18,23)(H,19,24)(H,20,25)(H,26,27). The first-order valence-corrected chi connectivity index (χ1v) is 8.49. The van der Waals surface area contributed by atoms with Gasteiger partial charge in [0.05, 0.1) is 19.3 Å². The molecule has 0 heterocycles. The van der Waals surface area contributed by atoms with E-state index in [-0.39, 0.29) is 13.0 Å². The monoisotopic (exact) mass is 391 g/mol. The van der Waals surface area contributed by atoms with E-state index in [1.165, 1.54) is 6.92 Å². The smallest absolute Gasteiger partial charge is 0.328 e. The number of carboxylic acid groups (broad SMARTS) is 1. The molecule has 0 aliphatic heterocycles. The van der Waals surface area contributed by atoms with Crippen molar-refractivity contribution in [1.29, 1.82) is 0 Å². The summed E-state index contributed by atoms with van der Waals surface area (Å²) in [6, 6.07) is -4.08. The van der Waals surface area contributed by atoms with E-state index in [1.807, 2.05) is 5.32 Å². The molecule has 0 saturated carbocycles. The van der Waals surface area contributed by atoms with Crippen molar-refractivity contribution in [3.63, 3.8) is 0 Å². The lowest BCUT2D eigenvalue weighted by molar-refractivity contribution is -0.145. The summed E-state index contributed by atoms with van der Waals surface area (Å²) in [4.78, 5) is 47.0. The molecule has 0 aliphatic rings. The van der Waals surface area contributed by atoms with Crippen LogP contribution in [0.3, 0.4) is 0 Å². The fraction of sp³-hybridized carbons (Fsp3) is 0.733. The highest BCUT2D eigenvalue weighted by Crippen LogP contribution is 2.02. The summed E-state index contributed by atoms with van der Waals surface area (Å²) < 4.78 is 0. The second-order valence-electron chi connectivity index (χ2n) is 5.92. The number of aliphatic hydroxyl groups is 2. The molecule has 10 N–H and O–H groups in total. The van der Waals surface area contributed by atoms with E-state index < -0.39 is 54.5 Å². The Kier molecular flexibility index (Phi) is 11.9. The Bertz CT molecular complexity index is 515. The zero-order valence-corrected chi connectivity index (χ0v) is 15.2. The molecule has 12 nitrogen and oxygen atoms in total. The average Bonchev–Trinajstić information content (AvgIpc) is 2.62. The summed E-state index contributed by atoms with van der Waals surface area (Å²) in [5, 5.41) is 34.4. The molecular formula is C15H29N5O7. The maximum absolute atomic E-state index is 12.4. The second-order valence-corrected chi connectivity index (χ2v) is 5.92. The van der Waals surface area contributed by atoms with Crippen LogP contribution in [0.4, 0.5) is 0 Å². The van der Waals surface area contributed by atoms with Gasteiger partial charge in [0.25, 0.3) is 0 Å². The summed E-state index contributed by atoms with van der Waals surface area (Å²) >= 11 is 0. The molecule has 156 valence electrons. The average molecular weight is 391 g/mol. The number of carbonyl (C=O) groups is 4. The fourth-order valence-corrected chi connectivity index (χ4v) is 2.12. The Labute approximate surface area is 156 Å². The van der Waals surface area contributed by atoms with Crippen molar-refractivity contribution in [2.75, 3.05) is 19.7 Å². The van der Waals surface area contributed by atoms with Crippen molar-refractivity contribution in [2.24, 2.45) is 11.5 Å². The van der Waals surface area contributed by atoms with E-state index in [2.05, 4.69) is 10.6 Å².